The van der Waals surface area contributed by atoms with Crippen molar-refractivity contribution in [2.24, 2.45) is 5.92 Å². The second kappa shape index (κ2) is 5.58. The number of rotatable bonds is 4. The van der Waals surface area contributed by atoms with Crippen LogP contribution in [0.3, 0.4) is 0 Å². The molecule has 2 amide bonds. The minimum absolute atomic E-state index is 0.200. The Bertz CT molecular complexity index is 418. The maximum absolute atomic E-state index is 11.5. The van der Waals surface area contributed by atoms with Crippen molar-refractivity contribution in [3.8, 4) is 0 Å². The van der Waals surface area contributed by atoms with Crippen molar-refractivity contribution in [2.45, 2.75) is 26.8 Å². The highest BCUT2D eigenvalue weighted by molar-refractivity contribution is 7.15. The SMILES string of the molecule is Cc1nnc(NC(=O)N[C@H](C(=O)O)C(C)C)s1. The summed E-state index contributed by atoms with van der Waals surface area (Å²) < 4.78 is 0. The third-order valence-corrected chi connectivity index (χ3v) is 2.72. The average Bonchev–Trinajstić information content (AvgIpc) is 2.59. The molecule has 0 aromatic carbocycles. The molecule has 0 spiro atoms. The fourth-order valence-corrected chi connectivity index (χ4v) is 1.72. The topological polar surface area (TPSA) is 104 Å². The normalized spacial score (nSPS) is 12.2. The molecule has 1 aromatic heterocycles. The Morgan fingerprint density at radius 3 is 2.41 bits per heavy atom. The van der Waals surface area contributed by atoms with Gasteiger partial charge >= 0.3 is 12.0 Å². The lowest BCUT2D eigenvalue weighted by Crippen LogP contribution is -2.46. The van der Waals surface area contributed by atoms with E-state index < -0.39 is 18.0 Å². The van der Waals surface area contributed by atoms with Crippen LogP contribution in [0.4, 0.5) is 9.93 Å². The van der Waals surface area contributed by atoms with E-state index in [0.717, 1.165) is 5.01 Å². The van der Waals surface area contributed by atoms with E-state index in [-0.39, 0.29) is 5.92 Å². The average molecular weight is 258 g/mol. The first-order chi connectivity index (χ1) is 7.90. The van der Waals surface area contributed by atoms with Gasteiger partial charge in [0.2, 0.25) is 5.13 Å². The molecule has 1 rings (SSSR count). The van der Waals surface area contributed by atoms with Crippen LogP contribution < -0.4 is 10.6 Å². The second-order valence-corrected chi connectivity index (χ2v) is 4.97. The third kappa shape index (κ3) is 3.99. The summed E-state index contributed by atoms with van der Waals surface area (Å²) in [5.74, 6) is -1.27. The van der Waals surface area contributed by atoms with Crippen LogP contribution >= 0.6 is 11.3 Å². The zero-order valence-electron chi connectivity index (χ0n) is 9.72. The minimum Gasteiger partial charge on any atom is -0.480 e. The number of aromatic nitrogens is 2. The number of carbonyl (C=O) groups is 2. The number of nitrogens with zero attached hydrogens (tertiary/aromatic N) is 2. The zero-order valence-corrected chi connectivity index (χ0v) is 10.5. The number of hydrogen-bond donors (Lipinski definition) is 3. The van der Waals surface area contributed by atoms with Crippen LogP contribution in [0.2, 0.25) is 0 Å². The molecule has 0 bridgehead atoms. The Hall–Kier alpha value is -1.70. The molecule has 1 aromatic rings. The van der Waals surface area contributed by atoms with Crippen molar-refractivity contribution < 1.29 is 14.7 Å². The van der Waals surface area contributed by atoms with Crippen LogP contribution in [0, 0.1) is 12.8 Å². The lowest BCUT2D eigenvalue weighted by Gasteiger charge is -2.17. The Labute approximate surface area is 102 Å². The van der Waals surface area contributed by atoms with Crippen molar-refractivity contribution in [1.29, 1.82) is 0 Å². The minimum atomic E-state index is -1.07. The van der Waals surface area contributed by atoms with Crippen LogP contribution in [0.5, 0.6) is 0 Å². The standard InChI is InChI=1S/C9H14N4O3S/c1-4(2)6(7(14)15)10-8(16)11-9-13-12-5(3)17-9/h4,6H,1-3H3,(H,14,15)(H2,10,11,13,16)/t6-/m0/s1. The van der Waals surface area contributed by atoms with Gasteiger partial charge in [-0.3, -0.25) is 5.32 Å². The summed E-state index contributed by atoms with van der Waals surface area (Å²) in [7, 11) is 0. The predicted octanol–water partition coefficient (Wildman–Crippen LogP) is 1.08. The second-order valence-electron chi connectivity index (χ2n) is 3.78. The molecule has 0 aliphatic heterocycles. The van der Waals surface area contributed by atoms with Crippen molar-refractivity contribution in [3.05, 3.63) is 5.01 Å². The van der Waals surface area contributed by atoms with Gasteiger partial charge < -0.3 is 10.4 Å². The van der Waals surface area contributed by atoms with Crippen molar-refractivity contribution in [1.82, 2.24) is 15.5 Å². The van der Waals surface area contributed by atoms with Crippen molar-refractivity contribution >= 4 is 28.5 Å². The van der Waals surface area contributed by atoms with Gasteiger partial charge in [0.1, 0.15) is 11.0 Å². The molecule has 0 saturated carbocycles. The van der Waals surface area contributed by atoms with E-state index in [4.69, 9.17) is 5.11 Å². The molecule has 0 unspecified atom stereocenters. The highest BCUT2D eigenvalue weighted by Gasteiger charge is 2.23. The van der Waals surface area contributed by atoms with Gasteiger partial charge in [-0.05, 0) is 12.8 Å². The molecule has 1 atom stereocenters. The number of anilines is 1. The zero-order chi connectivity index (χ0) is 13.0. The third-order valence-electron chi connectivity index (χ3n) is 1.97. The van der Waals surface area contributed by atoms with Gasteiger partial charge in [0.25, 0.3) is 0 Å². The van der Waals surface area contributed by atoms with Crippen LogP contribution in [0.1, 0.15) is 18.9 Å². The number of amides is 2. The number of aryl methyl sites for hydroxylation is 1. The predicted molar refractivity (Wildman–Crippen MR) is 63.1 cm³/mol. The Morgan fingerprint density at radius 2 is 2.00 bits per heavy atom. The first-order valence-corrected chi connectivity index (χ1v) is 5.82. The summed E-state index contributed by atoms with van der Waals surface area (Å²) in [6.45, 7) is 5.19. The fourth-order valence-electron chi connectivity index (χ4n) is 1.14. The highest BCUT2D eigenvalue weighted by Crippen LogP contribution is 2.13. The van der Waals surface area contributed by atoms with Gasteiger partial charge in [-0.1, -0.05) is 25.2 Å². The monoisotopic (exact) mass is 258 g/mol. The number of urea groups is 1. The number of hydrogen-bond acceptors (Lipinski definition) is 5. The molecule has 94 valence electrons. The molecule has 7 nitrogen and oxygen atoms in total. The number of aliphatic carboxylic acids is 1. The maximum atomic E-state index is 11.5. The van der Waals surface area contributed by atoms with E-state index in [1.54, 1.807) is 20.8 Å². The lowest BCUT2D eigenvalue weighted by molar-refractivity contribution is -0.140. The van der Waals surface area contributed by atoms with Crippen LogP contribution in [0.25, 0.3) is 0 Å². The molecule has 3 N–H and O–H groups in total. The molecular weight excluding hydrogens is 244 g/mol. The van der Waals surface area contributed by atoms with Crippen LogP contribution in [-0.2, 0) is 4.79 Å². The van der Waals surface area contributed by atoms with Gasteiger partial charge in [-0.25, -0.2) is 9.59 Å². The van der Waals surface area contributed by atoms with Gasteiger partial charge in [0.05, 0.1) is 0 Å². The quantitative estimate of drug-likeness (QED) is 0.749. The summed E-state index contributed by atoms with van der Waals surface area (Å²) in [6.07, 6.45) is 0. The molecule has 0 radical (unpaired) electrons. The number of nitrogens with one attached hydrogen (secondary N) is 2. The lowest BCUT2D eigenvalue weighted by atomic mass is 10.1. The summed E-state index contributed by atoms with van der Waals surface area (Å²) in [4.78, 5) is 22.4. The molecule has 0 aliphatic rings. The Kier molecular flexibility index (Phi) is 4.38. The summed E-state index contributed by atoms with van der Waals surface area (Å²) in [6, 6.07) is -1.52. The number of carboxylic acid groups (broad SMARTS) is 1. The first-order valence-electron chi connectivity index (χ1n) is 5.00. The van der Waals surface area contributed by atoms with Gasteiger partial charge in [0, 0.05) is 0 Å². The van der Waals surface area contributed by atoms with E-state index in [0.29, 0.717) is 5.13 Å². The molecule has 0 aliphatic carbocycles. The summed E-state index contributed by atoms with van der Waals surface area (Å²) in [5.41, 5.74) is 0. The molecule has 17 heavy (non-hydrogen) atoms. The van der Waals surface area contributed by atoms with Gasteiger partial charge in [-0.15, -0.1) is 10.2 Å². The largest absolute Gasteiger partial charge is 0.480 e. The van der Waals surface area contributed by atoms with Crippen LogP contribution in [-0.4, -0.2) is 33.3 Å². The maximum Gasteiger partial charge on any atom is 0.326 e. The van der Waals surface area contributed by atoms with Crippen LogP contribution in [0.15, 0.2) is 0 Å². The highest BCUT2D eigenvalue weighted by atomic mass is 32.1. The van der Waals surface area contributed by atoms with Crippen molar-refractivity contribution in [3.63, 3.8) is 0 Å². The van der Waals surface area contributed by atoms with Crippen molar-refractivity contribution in [2.75, 3.05) is 5.32 Å². The van der Waals surface area contributed by atoms with Gasteiger partial charge in [0.15, 0.2) is 0 Å². The molecule has 0 saturated heterocycles. The molecule has 1 heterocycles. The smallest absolute Gasteiger partial charge is 0.326 e. The fraction of sp³-hybridized carbons (Fsp3) is 0.556. The number of carboxylic acids is 1. The molecule has 8 heteroatoms. The summed E-state index contributed by atoms with van der Waals surface area (Å²) in [5, 5.41) is 22.2. The Balaban J connectivity index is 2.56. The van der Waals surface area contributed by atoms with E-state index in [2.05, 4.69) is 20.8 Å². The van der Waals surface area contributed by atoms with E-state index >= 15 is 0 Å². The molecular formula is C9H14N4O3S. The van der Waals surface area contributed by atoms with E-state index in [1.165, 1.54) is 11.3 Å². The van der Waals surface area contributed by atoms with E-state index in [9.17, 15) is 9.59 Å². The number of carbonyl (C=O) groups excluding carboxylic acids is 1. The van der Waals surface area contributed by atoms with E-state index in [1.807, 2.05) is 0 Å². The molecule has 0 fully saturated rings. The first kappa shape index (κ1) is 13.4. The van der Waals surface area contributed by atoms with Gasteiger partial charge in [-0.2, -0.15) is 0 Å². The Morgan fingerprint density at radius 1 is 1.35 bits per heavy atom. The summed E-state index contributed by atoms with van der Waals surface area (Å²) >= 11 is 1.22.